The molecular formula is C11H12N2O3. The molecule has 0 aliphatic carbocycles. The molecule has 1 N–H and O–H groups in total. The molecule has 2 heterocycles. The lowest BCUT2D eigenvalue weighted by molar-refractivity contribution is 0.0527. The maximum atomic E-state index is 11.6. The minimum Gasteiger partial charge on any atom is -0.462 e. The fraction of sp³-hybridized carbons (Fsp3) is 0.273. The van der Waals surface area contributed by atoms with Crippen LogP contribution in [0.3, 0.4) is 0 Å². The molecule has 2 aromatic rings. The Kier molecular flexibility index (Phi) is 2.52. The molecule has 5 nitrogen and oxygen atoms in total. The number of rotatable bonds is 2. The second-order valence-electron chi connectivity index (χ2n) is 3.50. The summed E-state index contributed by atoms with van der Waals surface area (Å²) in [6.07, 6.45) is 1.70. The first kappa shape index (κ1) is 10.5. The number of H-pyrrole nitrogens is 1. The molecule has 0 bridgehead atoms. The average Bonchev–Trinajstić information content (AvgIpc) is 2.53. The van der Waals surface area contributed by atoms with Gasteiger partial charge < -0.3 is 4.74 Å². The highest BCUT2D eigenvalue weighted by Gasteiger charge is 2.17. The Morgan fingerprint density at radius 2 is 2.31 bits per heavy atom. The SMILES string of the molecule is CCOC(=O)c1c(=O)[nH]n2ccc(C)cc12. The standard InChI is InChI=1S/C11H12N2O3/c1-3-16-11(15)9-8-6-7(2)4-5-13(8)12-10(9)14/h4-6H,3H2,1-2H3,(H,12,14). The number of ether oxygens (including phenoxy) is 1. The van der Waals surface area contributed by atoms with E-state index in [0.29, 0.717) is 5.52 Å². The predicted molar refractivity (Wildman–Crippen MR) is 58.7 cm³/mol. The Bertz CT molecular complexity index is 595. The number of hydrogen-bond acceptors (Lipinski definition) is 3. The van der Waals surface area contributed by atoms with Crippen molar-refractivity contribution >= 4 is 11.5 Å². The Morgan fingerprint density at radius 1 is 1.56 bits per heavy atom. The molecule has 0 aliphatic rings. The average molecular weight is 220 g/mol. The summed E-state index contributed by atoms with van der Waals surface area (Å²) >= 11 is 0. The molecule has 0 aromatic carbocycles. The van der Waals surface area contributed by atoms with Gasteiger partial charge in [0.25, 0.3) is 5.56 Å². The van der Waals surface area contributed by atoms with Crippen LogP contribution in [0.15, 0.2) is 23.1 Å². The van der Waals surface area contributed by atoms with Crippen molar-refractivity contribution in [3.63, 3.8) is 0 Å². The zero-order valence-electron chi connectivity index (χ0n) is 9.11. The monoisotopic (exact) mass is 220 g/mol. The number of aromatic nitrogens is 2. The summed E-state index contributed by atoms with van der Waals surface area (Å²) in [6, 6.07) is 3.61. The van der Waals surface area contributed by atoms with Crippen LogP contribution >= 0.6 is 0 Å². The van der Waals surface area contributed by atoms with Crippen molar-refractivity contribution in [1.82, 2.24) is 9.61 Å². The van der Waals surface area contributed by atoms with Crippen LogP contribution in [0.2, 0.25) is 0 Å². The zero-order chi connectivity index (χ0) is 11.7. The van der Waals surface area contributed by atoms with Crippen molar-refractivity contribution in [2.75, 3.05) is 6.61 Å². The molecule has 5 heteroatoms. The lowest BCUT2D eigenvalue weighted by atomic mass is 10.2. The highest BCUT2D eigenvalue weighted by Crippen LogP contribution is 2.09. The second-order valence-corrected chi connectivity index (χ2v) is 3.50. The van der Waals surface area contributed by atoms with E-state index >= 15 is 0 Å². The number of aryl methyl sites for hydroxylation is 1. The van der Waals surface area contributed by atoms with E-state index in [1.165, 1.54) is 4.52 Å². The fourth-order valence-electron chi connectivity index (χ4n) is 1.58. The van der Waals surface area contributed by atoms with Gasteiger partial charge in [-0.3, -0.25) is 14.4 Å². The second kappa shape index (κ2) is 3.84. The summed E-state index contributed by atoms with van der Waals surface area (Å²) in [5.41, 5.74) is 1.16. The molecule has 0 amide bonds. The van der Waals surface area contributed by atoms with Crippen molar-refractivity contribution < 1.29 is 9.53 Å². The van der Waals surface area contributed by atoms with E-state index in [0.717, 1.165) is 5.56 Å². The van der Waals surface area contributed by atoms with Gasteiger partial charge in [-0.1, -0.05) is 0 Å². The summed E-state index contributed by atoms with van der Waals surface area (Å²) in [7, 11) is 0. The number of fused-ring (bicyclic) bond motifs is 1. The molecule has 0 saturated heterocycles. The Hall–Kier alpha value is -2.04. The van der Waals surface area contributed by atoms with Crippen molar-refractivity contribution in [1.29, 1.82) is 0 Å². The molecule has 0 atom stereocenters. The number of nitrogens with zero attached hydrogens (tertiary/aromatic N) is 1. The predicted octanol–water partition coefficient (Wildman–Crippen LogP) is 1.11. The van der Waals surface area contributed by atoms with Crippen LogP contribution < -0.4 is 5.56 Å². The molecule has 2 rings (SSSR count). The Morgan fingerprint density at radius 3 is 3.00 bits per heavy atom. The van der Waals surface area contributed by atoms with Gasteiger partial charge >= 0.3 is 5.97 Å². The number of carbonyl (C=O) groups excluding carboxylic acids is 1. The lowest BCUT2D eigenvalue weighted by Gasteiger charge is -1.99. The normalized spacial score (nSPS) is 10.6. The number of hydrogen-bond donors (Lipinski definition) is 1. The first-order chi connectivity index (χ1) is 7.63. The largest absolute Gasteiger partial charge is 0.462 e. The van der Waals surface area contributed by atoms with Gasteiger partial charge in [-0.2, -0.15) is 0 Å². The first-order valence-electron chi connectivity index (χ1n) is 5.01. The molecule has 84 valence electrons. The van der Waals surface area contributed by atoms with Gasteiger partial charge in [0.1, 0.15) is 0 Å². The van der Waals surface area contributed by atoms with E-state index in [4.69, 9.17) is 4.74 Å². The highest BCUT2D eigenvalue weighted by atomic mass is 16.5. The molecule has 0 spiro atoms. The van der Waals surface area contributed by atoms with Gasteiger partial charge in [0.2, 0.25) is 0 Å². The van der Waals surface area contributed by atoms with Crippen molar-refractivity contribution in [2.24, 2.45) is 0 Å². The van der Waals surface area contributed by atoms with Gasteiger partial charge in [0.15, 0.2) is 5.56 Å². The van der Waals surface area contributed by atoms with E-state index in [2.05, 4.69) is 5.10 Å². The van der Waals surface area contributed by atoms with Gasteiger partial charge in [-0.05, 0) is 31.5 Å². The van der Waals surface area contributed by atoms with E-state index in [1.54, 1.807) is 19.2 Å². The highest BCUT2D eigenvalue weighted by molar-refractivity contribution is 5.96. The molecule has 0 radical (unpaired) electrons. The third-order valence-corrected chi connectivity index (χ3v) is 2.30. The minimum absolute atomic E-state index is 0.0607. The molecule has 0 fully saturated rings. The van der Waals surface area contributed by atoms with Crippen LogP contribution in [0.1, 0.15) is 22.8 Å². The summed E-state index contributed by atoms with van der Waals surface area (Å²) < 4.78 is 6.36. The number of carbonyl (C=O) groups is 1. The zero-order valence-corrected chi connectivity index (χ0v) is 9.11. The summed E-state index contributed by atoms with van der Waals surface area (Å²) in [6.45, 7) is 3.85. The van der Waals surface area contributed by atoms with Crippen LogP contribution in [0.25, 0.3) is 5.52 Å². The van der Waals surface area contributed by atoms with E-state index < -0.39 is 11.5 Å². The van der Waals surface area contributed by atoms with Crippen molar-refractivity contribution in [3.8, 4) is 0 Å². The van der Waals surface area contributed by atoms with Gasteiger partial charge in [-0.15, -0.1) is 0 Å². The smallest absolute Gasteiger partial charge is 0.346 e. The topological polar surface area (TPSA) is 63.6 Å². The molecule has 0 saturated carbocycles. The van der Waals surface area contributed by atoms with Crippen LogP contribution in [0.5, 0.6) is 0 Å². The van der Waals surface area contributed by atoms with E-state index in [-0.39, 0.29) is 12.2 Å². The third-order valence-electron chi connectivity index (χ3n) is 2.30. The van der Waals surface area contributed by atoms with E-state index in [9.17, 15) is 9.59 Å². The number of aromatic amines is 1. The van der Waals surface area contributed by atoms with Crippen LogP contribution in [-0.2, 0) is 4.74 Å². The molecular weight excluding hydrogens is 208 g/mol. The van der Waals surface area contributed by atoms with Crippen molar-refractivity contribution in [3.05, 3.63) is 39.8 Å². The van der Waals surface area contributed by atoms with Gasteiger partial charge in [0, 0.05) is 6.20 Å². The fourth-order valence-corrected chi connectivity index (χ4v) is 1.58. The first-order valence-corrected chi connectivity index (χ1v) is 5.01. The summed E-state index contributed by atoms with van der Waals surface area (Å²) in [4.78, 5) is 23.2. The number of pyridine rings is 1. The van der Waals surface area contributed by atoms with Gasteiger partial charge in [-0.25, -0.2) is 4.79 Å². The maximum absolute atomic E-state index is 11.6. The molecule has 0 unspecified atom stereocenters. The molecule has 0 aliphatic heterocycles. The minimum atomic E-state index is -0.586. The number of nitrogens with one attached hydrogen (secondary N) is 1. The lowest BCUT2D eigenvalue weighted by Crippen LogP contribution is -2.15. The Labute approximate surface area is 91.6 Å². The summed E-state index contributed by atoms with van der Waals surface area (Å²) in [5.74, 6) is -0.586. The quantitative estimate of drug-likeness (QED) is 0.771. The number of esters is 1. The van der Waals surface area contributed by atoms with Crippen LogP contribution in [-0.4, -0.2) is 22.2 Å². The van der Waals surface area contributed by atoms with Gasteiger partial charge in [0.05, 0.1) is 12.1 Å². The maximum Gasteiger partial charge on any atom is 0.346 e. The van der Waals surface area contributed by atoms with E-state index in [1.807, 2.05) is 13.0 Å². The Balaban J connectivity index is 2.67. The molecule has 2 aromatic heterocycles. The third kappa shape index (κ3) is 1.60. The van der Waals surface area contributed by atoms with Crippen molar-refractivity contribution in [2.45, 2.75) is 13.8 Å². The summed E-state index contributed by atoms with van der Waals surface area (Å²) in [5, 5.41) is 2.55. The molecule has 16 heavy (non-hydrogen) atoms. The van der Waals surface area contributed by atoms with Crippen LogP contribution in [0.4, 0.5) is 0 Å². The van der Waals surface area contributed by atoms with Crippen LogP contribution in [0, 0.1) is 6.92 Å².